The van der Waals surface area contributed by atoms with Crippen molar-refractivity contribution in [3.05, 3.63) is 126 Å². The summed E-state index contributed by atoms with van der Waals surface area (Å²) in [5.74, 6) is 4.32. The van der Waals surface area contributed by atoms with Gasteiger partial charge in [-0.3, -0.25) is 4.79 Å². The second kappa shape index (κ2) is 15.6. The number of rotatable bonds is 2. The van der Waals surface area contributed by atoms with Gasteiger partial charge in [-0.25, -0.2) is 0 Å². The SMILES string of the molecule is C[C]1[CH][CH][CH][CH]1.C[C]1[CH][CH][CH][CH]1.O=C([C]1[CH][CH][CH][CH]1)[C]1[CH][CH][CH][CH]1.[Fe].[Fe]. The number of hydrogen-bond acceptors (Lipinski definition) is 1. The molecule has 0 spiro atoms. The van der Waals surface area contributed by atoms with Crippen LogP contribution in [0.4, 0.5) is 0 Å². The van der Waals surface area contributed by atoms with E-state index in [1.807, 2.05) is 77.0 Å². The summed E-state index contributed by atoms with van der Waals surface area (Å²) in [5, 5.41) is 0. The number of carbonyl (C=O) groups excluding carboxylic acids is 1. The first-order valence-corrected chi connectivity index (χ1v) is 8.01. The molecule has 0 saturated heterocycles. The van der Waals surface area contributed by atoms with Crippen molar-refractivity contribution in [1.29, 1.82) is 0 Å². The molecule has 0 aromatic rings. The molecule has 0 heterocycles. The fraction of sp³-hybridized carbons (Fsp3) is 0.0870. The van der Waals surface area contributed by atoms with Gasteiger partial charge in [0.15, 0.2) is 0 Å². The Morgan fingerprint density at radius 2 is 0.731 bits per heavy atom. The van der Waals surface area contributed by atoms with E-state index >= 15 is 0 Å². The van der Waals surface area contributed by atoms with Crippen LogP contribution in [0.5, 0.6) is 0 Å². The van der Waals surface area contributed by atoms with Crippen LogP contribution in [0.2, 0.25) is 0 Å². The summed E-state index contributed by atoms with van der Waals surface area (Å²) >= 11 is 0. The second-order valence-electron chi connectivity index (χ2n) is 5.60. The van der Waals surface area contributed by atoms with E-state index < -0.39 is 0 Å². The summed E-state index contributed by atoms with van der Waals surface area (Å²) in [6, 6.07) is 0. The van der Waals surface area contributed by atoms with Gasteiger partial charge in [0.05, 0.1) is 0 Å². The maximum atomic E-state index is 11.6. The third kappa shape index (κ3) is 10.3. The predicted octanol–water partition coefficient (Wildman–Crippen LogP) is 4.18. The molecule has 4 fully saturated rings. The summed E-state index contributed by atoms with van der Waals surface area (Å²) < 4.78 is 0. The summed E-state index contributed by atoms with van der Waals surface area (Å²) in [6.45, 7) is 4.17. The van der Waals surface area contributed by atoms with Crippen molar-refractivity contribution in [2.24, 2.45) is 0 Å². The van der Waals surface area contributed by atoms with E-state index in [2.05, 4.69) is 39.5 Å². The monoisotopic (exact) mass is 426 g/mol. The Morgan fingerprint density at radius 3 is 0.923 bits per heavy atom. The summed E-state index contributed by atoms with van der Waals surface area (Å²) in [4.78, 5) is 11.6. The molecule has 0 aliphatic heterocycles. The van der Waals surface area contributed by atoms with E-state index in [1.54, 1.807) is 0 Å². The molecular formula is C23H22Fe2O. The van der Waals surface area contributed by atoms with Gasteiger partial charge < -0.3 is 0 Å². The van der Waals surface area contributed by atoms with E-state index in [-0.39, 0.29) is 39.9 Å². The predicted molar refractivity (Wildman–Crippen MR) is 98.1 cm³/mol. The van der Waals surface area contributed by atoms with Crippen LogP contribution in [-0.2, 0) is 38.9 Å². The van der Waals surface area contributed by atoms with Crippen molar-refractivity contribution in [3.63, 3.8) is 0 Å². The van der Waals surface area contributed by atoms with E-state index in [0.717, 1.165) is 11.8 Å². The minimum Gasteiger partial charge on any atom is -0.298 e. The molecule has 20 radical (unpaired) electrons. The smallest absolute Gasteiger partial charge is 0.148 e. The average molecular weight is 426 g/mol. The molecule has 0 aromatic carbocycles. The molecule has 0 N–H and O–H groups in total. The molecular weight excluding hydrogens is 404 g/mol. The van der Waals surface area contributed by atoms with Gasteiger partial charge in [-0.1, -0.05) is 13.8 Å². The molecule has 3 heteroatoms. The van der Waals surface area contributed by atoms with E-state index in [9.17, 15) is 4.79 Å². The first-order valence-electron chi connectivity index (χ1n) is 8.01. The van der Waals surface area contributed by atoms with E-state index in [4.69, 9.17) is 0 Å². The Labute approximate surface area is 184 Å². The van der Waals surface area contributed by atoms with Crippen LogP contribution in [0.1, 0.15) is 13.8 Å². The van der Waals surface area contributed by atoms with Crippen LogP contribution < -0.4 is 0 Å². The molecule has 4 aliphatic carbocycles. The topological polar surface area (TPSA) is 17.1 Å². The van der Waals surface area contributed by atoms with Gasteiger partial charge >= 0.3 is 0 Å². The van der Waals surface area contributed by atoms with Crippen LogP contribution in [0, 0.1) is 126 Å². The molecule has 0 unspecified atom stereocenters. The summed E-state index contributed by atoms with van der Waals surface area (Å²) in [5.41, 5.74) is 0. The first kappa shape index (κ1) is 26.7. The quantitative estimate of drug-likeness (QED) is 0.606. The Hall–Kier alpha value is 0.709. The van der Waals surface area contributed by atoms with E-state index in [1.165, 1.54) is 11.8 Å². The molecule has 136 valence electrons. The molecule has 4 rings (SSSR count). The normalized spacial score (nSPS) is 24.1. The zero-order chi connectivity index (χ0) is 17.2. The largest absolute Gasteiger partial charge is 0.298 e. The fourth-order valence-electron chi connectivity index (χ4n) is 2.16. The standard InChI is InChI=1S/C11H8O.2C6H7.2Fe/c12-11(9-5-1-2-6-9)10-7-3-4-8-10;2*1-6-4-2-3-5-6;;/h1-8H;2*2-5H,1H3;;. The molecule has 26 heavy (non-hydrogen) atoms. The third-order valence-corrected chi connectivity index (χ3v) is 3.51. The molecule has 0 amide bonds. The number of ketones is 1. The number of Topliss-reactive ketones (excluding diaryl/α,β-unsaturated/α-hetero) is 1. The fourth-order valence-corrected chi connectivity index (χ4v) is 2.16. The van der Waals surface area contributed by atoms with Crippen LogP contribution in [0.3, 0.4) is 0 Å². The molecule has 0 bridgehead atoms. The maximum absolute atomic E-state index is 11.6. The van der Waals surface area contributed by atoms with Crippen LogP contribution in [0.15, 0.2) is 0 Å². The Bertz CT molecular complexity index is 302. The van der Waals surface area contributed by atoms with Gasteiger partial charge in [0.25, 0.3) is 0 Å². The average Bonchev–Trinajstić information content (AvgIpc) is 3.36. The van der Waals surface area contributed by atoms with Crippen molar-refractivity contribution in [2.75, 3.05) is 0 Å². The second-order valence-corrected chi connectivity index (χ2v) is 5.60. The van der Waals surface area contributed by atoms with Gasteiger partial charge in [-0.15, -0.1) is 0 Å². The zero-order valence-corrected chi connectivity index (χ0v) is 17.1. The molecule has 0 atom stereocenters. The Morgan fingerprint density at radius 1 is 0.500 bits per heavy atom. The number of carbonyl (C=O) groups is 1. The zero-order valence-electron chi connectivity index (χ0n) is 14.9. The van der Waals surface area contributed by atoms with Gasteiger partial charge in [0.2, 0.25) is 0 Å². The minimum absolute atomic E-state index is 0. The van der Waals surface area contributed by atoms with Crippen LogP contribution in [0.25, 0.3) is 0 Å². The molecule has 1 nitrogen and oxygen atoms in total. The van der Waals surface area contributed by atoms with E-state index in [0.29, 0.717) is 0 Å². The summed E-state index contributed by atoms with van der Waals surface area (Å²) in [6.07, 6.45) is 31.3. The molecule has 4 aliphatic rings. The maximum Gasteiger partial charge on any atom is 0.148 e. The van der Waals surface area contributed by atoms with Crippen molar-refractivity contribution in [3.8, 4) is 0 Å². The van der Waals surface area contributed by atoms with Crippen LogP contribution in [-0.4, -0.2) is 5.78 Å². The Balaban J connectivity index is 0.000000382. The summed E-state index contributed by atoms with van der Waals surface area (Å²) in [7, 11) is 0. The Kier molecular flexibility index (Phi) is 16.0. The molecule has 4 saturated carbocycles. The van der Waals surface area contributed by atoms with Crippen molar-refractivity contribution >= 4 is 5.78 Å². The van der Waals surface area contributed by atoms with Gasteiger partial charge in [0.1, 0.15) is 5.78 Å². The van der Waals surface area contributed by atoms with Crippen molar-refractivity contribution in [2.45, 2.75) is 13.8 Å². The minimum atomic E-state index is 0. The van der Waals surface area contributed by atoms with Crippen molar-refractivity contribution in [1.82, 2.24) is 0 Å². The number of hydrogen-bond donors (Lipinski definition) is 0. The van der Waals surface area contributed by atoms with Gasteiger partial charge in [-0.2, -0.15) is 0 Å². The molecule has 0 aromatic heterocycles. The third-order valence-electron chi connectivity index (χ3n) is 3.51. The van der Waals surface area contributed by atoms with Crippen molar-refractivity contribution < 1.29 is 38.9 Å². The van der Waals surface area contributed by atoms with Gasteiger partial charge in [-0.05, 0) is 115 Å². The van der Waals surface area contributed by atoms with Crippen LogP contribution >= 0.6 is 0 Å². The van der Waals surface area contributed by atoms with Gasteiger partial charge in [0, 0.05) is 46.0 Å². The first-order chi connectivity index (χ1) is 11.7.